The average Bonchev–Trinajstić information content (AvgIpc) is 3.78. The summed E-state index contributed by atoms with van der Waals surface area (Å²) in [6, 6.07) is 65.4. The van der Waals surface area contributed by atoms with Gasteiger partial charge in [0, 0.05) is 11.3 Å². The SMILES string of the molecule is Cc1ccc2c(c1-c1cc3c(cc1N(c1ccc(-c4ccccc4)cc1)c1cccc4c1C(C)(C)CCC4(C)C)C1(c4ccccc4-c4ccccc41)c1ccccc1-3)CCCC2. The van der Waals surface area contributed by atoms with E-state index in [1.54, 1.807) is 0 Å². The van der Waals surface area contributed by atoms with Crippen LogP contribution in [-0.2, 0) is 29.1 Å². The molecule has 1 heteroatoms. The summed E-state index contributed by atoms with van der Waals surface area (Å²) in [6.45, 7) is 12.2. The molecule has 0 radical (unpaired) electrons. The predicted octanol–water partition coefficient (Wildman–Crippen LogP) is 16.4. The fourth-order valence-corrected chi connectivity index (χ4v) is 12.6. The molecule has 0 fully saturated rings. The molecule has 4 aliphatic rings. The molecular formula is C62H55N. The first-order valence-electron chi connectivity index (χ1n) is 23.4. The molecule has 308 valence electrons. The van der Waals surface area contributed by atoms with Gasteiger partial charge in [-0.2, -0.15) is 0 Å². The molecular weight excluding hydrogens is 759 g/mol. The highest BCUT2D eigenvalue weighted by Gasteiger charge is 2.52. The first-order valence-corrected chi connectivity index (χ1v) is 23.4. The number of hydrogen-bond donors (Lipinski definition) is 0. The van der Waals surface area contributed by atoms with E-state index in [0.717, 1.165) is 19.3 Å². The number of rotatable bonds is 5. The highest BCUT2D eigenvalue weighted by molar-refractivity contribution is 6.01. The van der Waals surface area contributed by atoms with Crippen LogP contribution in [0, 0.1) is 6.92 Å². The van der Waals surface area contributed by atoms with E-state index < -0.39 is 5.41 Å². The van der Waals surface area contributed by atoms with Crippen molar-refractivity contribution in [3.8, 4) is 44.5 Å². The van der Waals surface area contributed by atoms with Crippen molar-refractivity contribution in [1.82, 2.24) is 0 Å². The molecule has 1 nitrogen and oxygen atoms in total. The zero-order chi connectivity index (χ0) is 42.7. The molecule has 0 atom stereocenters. The molecule has 0 aromatic heterocycles. The lowest BCUT2D eigenvalue weighted by Crippen LogP contribution is -2.35. The molecule has 8 aromatic carbocycles. The van der Waals surface area contributed by atoms with Crippen LogP contribution in [0.5, 0.6) is 0 Å². The zero-order valence-electron chi connectivity index (χ0n) is 37.4. The molecule has 4 aliphatic carbocycles. The number of hydrogen-bond acceptors (Lipinski definition) is 1. The van der Waals surface area contributed by atoms with Crippen LogP contribution in [0.3, 0.4) is 0 Å². The van der Waals surface area contributed by atoms with Crippen molar-refractivity contribution in [2.45, 2.75) is 89.4 Å². The summed E-state index contributed by atoms with van der Waals surface area (Å²) in [4.78, 5) is 2.69. The number of fused-ring (bicyclic) bond motifs is 12. The average molecular weight is 814 g/mol. The molecule has 0 amide bonds. The molecule has 0 bridgehead atoms. The molecule has 0 heterocycles. The van der Waals surface area contributed by atoms with Gasteiger partial charge in [-0.05, 0) is 176 Å². The minimum atomic E-state index is -0.461. The Bertz CT molecular complexity index is 3080. The maximum absolute atomic E-state index is 2.69. The summed E-state index contributed by atoms with van der Waals surface area (Å²) < 4.78 is 0. The highest BCUT2D eigenvalue weighted by Crippen LogP contribution is 2.65. The van der Waals surface area contributed by atoms with E-state index in [9.17, 15) is 0 Å². The summed E-state index contributed by atoms with van der Waals surface area (Å²) >= 11 is 0. The summed E-state index contributed by atoms with van der Waals surface area (Å²) in [5, 5.41) is 0. The minimum absolute atomic E-state index is 0.0246. The Hall–Kier alpha value is -6.44. The smallest absolute Gasteiger partial charge is 0.0726 e. The Morgan fingerprint density at radius 3 is 1.68 bits per heavy atom. The maximum atomic E-state index is 2.69. The molecule has 0 saturated carbocycles. The fourth-order valence-electron chi connectivity index (χ4n) is 12.6. The fraction of sp³-hybridized carbons (Fsp3) is 0.226. The Morgan fingerprint density at radius 2 is 1.00 bits per heavy atom. The van der Waals surface area contributed by atoms with Crippen LogP contribution in [0.1, 0.15) is 103 Å². The van der Waals surface area contributed by atoms with Crippen molar-refractivity contribution in [2.24, 2.45) is 0 Å². The molecule has 12 rings (SSSR count). The van der Waals surface area contributed by atoms with Crippen LogP contribution >= 0.6 is 0 Å². The summed E-state index contributed by atoms with van der Waals surface area (Å²) in [7, 11) is 0. The van der Waals surface area contributed by atoms with E-state index in [1.807, 2.05) is 0 Å². The van der Waals surface area contributed by atoms with Gasteiger partial charge in [0.15, 0.2) is 0 Å². The predicted molar refractivity (Wildman–Crippen MR) is 265 cm³/mol. The van der Waals surface area contributed by atoms with E-state index in [0.29, 0.717) is 0 Å². The van der Waals surface area contributed by atoms with E-state index in [-0.39, 0.29) is 10.8 Å². The monoisotopic (exact) mass is 813 g/mol. The van der Waals surface area contributed by atoms with Crippen LogP contribution in [0.2, 0.25) is 0 Å². The van der Waals surface area contributed by atoms with E-state index in [4.69, 9.17) is 0 Å². The van der Waals surface area contributed by atoms with Gasteiger partial charge in [-0.25, -0.2) is 0 Å². The van der Waals surface area contributed by atoms with Crippen molar-refractivity contribution in [3.63, 3.8) is 0 Å². The van der Waals surface area contributed by atoms with Gasteiger partial charge in [0.25, 0.3) is 0 Å². The third-order valence-electron chi connectivity index (χ3n) is 15.7. The molecule has 0 saturated heterocycles. The minimum Gasteiger partial charge on any atom is -0.310 e. The lowest BCUT2D eigenvalue weighted by atomic mass is 9.62. The number of anilines is 3. The Labute approximate surface area is 374 Å². The van der Waals surface area contributed by atoms with E-state index in [1.165, 1.54) is 131 Å². The molecule has 63 heavy (non-hydrogen) atoms. The van der Waals surface area contributed by atoms with Crippen LogP contribution in [0.15, 0.2) is 170 Å². The van der Waals surface area contributed by atoms with Crippen molar-refractivity contribution < 1.29 is 0 Å². The standard InChI is InChI=1S/C62H55N/c1-40-30-31-43-20-9-10-21-45(43)58(40)50-38-49-48-24-13-16-27-53(48)62(51-25-14-11-22-46(51)47-23-12-15-26-52(47)62)55(49)39-57(50)63(44-34-32-42(33-35-44)41-18-7-6-8-19-41)56-29-17-28-54-59(56)61(4,5)37-36-60(54,2)3/h6-8,11-19,22-35,38-39H,9-10,20-21,36-37H2,1-5H3. The van der Waals surface area contributed by atoms with Crippen molar-refractivity contribution in [2.75, 3.05) is 4.90 Å². The van der Waals surface area contributed by atoms with Gasteiger partial charge in [0.05, 0.1) is 16.8 Å². The third kappa shape index (κ3) is 5.54. The molecule has 0 aliphatic heterocycles. The second-order valence-electron chi connectivity index (χ2n) is 20.1. The number of aryl methyl sites for hydroxylation is 2. The number of benzene rings is 8. The Balaban J connectivity index is 1.23. The normalized spacial score (nSPS) is 16.7. The van der Waals surface area contributed by atoms with Crippen LogP contribution in [0.4, 0.5) is 17.1 Å². The van der Waals surface area contributed by atoms with Crippen LogP contribution in [0.25, 0.3) is 44.5 Å². The molecule has 8 aromatic rings. The third-order valence-corrected chi connectivity index (χ3v) is 15.7. The lowest BCUT2D eigenvalue weighted by molar-refractivity contribution is 0.332. The first-order chi connectivity index (χ1) is 30.7. The molecule has 1 spiro atoms. The second-order valence-corrected chi connectivity index (χ2v) is 20.1. The quantitative estimate of drug-likeness (QED) is 0.167. The van der Waals surface area contributed by atoms with Gasteiger partial charge in [-0.3, -0.25) is 0 Å². The second kappa shape index (κ2) is 14.0. The van der Waals surface area contributed by atoms with Crippen LogP contribution in [-0.4, -0.2) is 0 Å². The van der Waals surface area contributed by atoms with Gasteiger partial charge < -0.3 is 4.90 Å². The largest absolute Gasteiger partial charge is 0.310 e. The molecule has 0 unspecified atom stereocenters. The van der Waals surface area contributed by atoms with Crippen molar-refractivity contribution >= 4 is 17.1 Å². The van der Waals surface area contributed by atoms with Gasteiger partial charge in [0.1, 0.15) is 0 Å². The first kappa shape index (κ1) is 38.3. The van der Waals surface area contributed by atoms with E-state index >= 15 is 0 Å². The molecule has 0 N–H and O–H groups in total. The summed E-state index contributed by atoms with van der Waals surface area (Å²) in [6.07, 6.45) is 7.03. The maximum Gasteiger partial charge on any atom is 0.0726 e. The number of nitrogens with zero attached hydrogens (tertiary/aromatic N) is 1. The van der Waals surface area contributed by atoms with Crippen molar-refractivity contribution in [1.29, 1.82) is 0 Å². The summed E-state index contributed by atoms with van der Waals surface area (Å²) in [5.41, 5.74) is 26.7. The lowest BCUT2D eigenvalue weighted by Gasteiger charge is -2.45. The Morgan fingerprint density at radius 1 is 0.429 bits per heavy atom. The van der Waals surface area contributed by atoms with Crippen molar-refractivity contribution in [3.05, 3.63) is 220 Å². The van der Waals surface area contributed by atoms with E-state index in [2.05, 4.69) is 209 Å². The Kier molecular flexibility index (Phi) is 8.52. The zero-order valence-corrected chi connectivity index (χ0v) is 37.4. The topological polar surface area (TPSA) is 3.24 Å². The van der Waals surface area contributed by atoms with Crippen LogP contribution < -0.4 is 4.90 Å². The van der Waals surface area contributed by atoms with Gasteiger partial charge in [-0.15, -0.1) is 0 Å². The van der Waals surface area contributed by atoms with Gasteiger partial charge in [-0.1, -0.05) is 167 Å². The van der Waals surface area contributed by atoms with Gasteiger partial charge >= 0.3 is 0 Å². The highest BCUT2D eigenvalue weighted by atomic mass is 15.1. The summed E-state index contributed by atoms with van der Waals surface area (Å²) in [5.74, 6) is 0. The van der Waals surface area contributed by atoms with Gasteiger partial charge in [0.2, 0.25) is 0 Å².